The molecule has 0 saturated carbocycles. The molecule has 0 bridgehead atoms. The predicted molar refractivity (Wildman–Crippen MR) is 91.9 cm³/mol. The third-order valence-corrected chi connectivity index (χ3v) is 3.12. The van der Waals surface area contributed by atoms with Crippen molar-refractivity contribution in [2.75, 3.05) is 6.61 Å². The molecule has 0 saturated heterocycles. The van der Waals surface area contributed by atoms with Crippen LogP contribution in [0.5, 0.6) is 5.75 Å². The van der Waals surface area contributed by atoms with Crippen molar-refractivity contribution in [3.05, 3.63) is 29.8 Å². The fraction of sp³-hybridized carbons (Fsp3) is 0.500. The Kier molecular flexibility index (Phi) is 6.97. The van der Waals surface area contributed by atoms with E-state index in [1.54, 1.807) is 20.8 Å². The Morgan fingerprint density at radius 1 is 1.12 bits per heavy atom. The standard InChI is InChI=1S/C18H25NO6/c1-11(2)15(19-17(23)25-18(3,4)5)16(22)12-6-8-13(9-7-12)24-10-14(20)21/h6-9,11,15H,10H2,1-5H3,(H,19,23)(H,20,21). The molecule has 1 aromatic carbocycles. The van der Waals surface area contributed by atoms with Crippen LogP contribution in [0.1, 0.15) is 45.0 Å². The molecule has 0 fully saturated rings. The maximum atomic E-state index is 12.7. The zero-order chi connectivity index (χ0) is 19.2. The number of carboxylic acid groups (broad SMARTS) is 1. The molecule has 1 aromatic rings. The Morgan fingerprint density at radius 3 is 2.12 bits per heavy atom. The normalized spacial score (nSPS) is 12.4. The molecule has 1 amide bonds. The second kappa shape index (κ2) is 8.50. The molecule has 0 aliphatic carbocycles. The molecule has 1 rings (SSSR count). The number of hydrogen-bond donors (Lipinski definition) is 2. The van der Waals surface area contributed by atoms with Gasteiger partial charge < -0.3 is 19.9 Å². The number of nitrogens with one attached hydrogen (secondary N) is 1. The van der Waals surface area contributed by atoms with Crippen molar-refractivity contribution in [3.8, 4) is 5.75 Å². The molecule has 0 aliphatic rings. The first kappa shape index (κ1) is 20.5. The molecule has 0 heterocycles. The van der Waals surface area contributed by atoms with E-state index in [0.29, 0.717) is 11.3 Å². The molecule has 0 spiro atoms. The van der Waals surface area contributed by atoms with Gasteiger partial charge in [-0.05, 0) is 51.0 Å². The lowest BCUT2D eigenvalue weighted by atomic mass is 9.95. The highest BCUT2D eigenvalue weighted by Crippen LogP contribution is 2.17. The predicted octanol–water partition coefficient (Wildman–Crippen LogP) is 2.88. The van der Waals surface area contributed by atoms with Crippen LogP contribution in [0.2, 0.25) is 0 Å². The Hall–Kier alpha value is -2.57. The zero-order valence-electron chi connectivity index (χ0n) is 15.2. The summed E-state index contributed by atoms with van der Waals surface area (Å²) in [5.74, 6) is -1.13. The summed E-state index contributed by atoms with van der Waals surface area (Å²) < 4.78 is 10.2. The first-order valence-electron chi connectivity index (χ1n) is 7.98. The maximum Gasteiger partial charge on any atom is 0.408 e. The van der Waals surface area contributed by atoms with E-state index in [1.807, 2.05) is 13.8 Å². The van der Waals surface area contributed by atoms with Gasteiger partial charge in [-0.3, -0.25) is 4.79 Å². The number of Topliss-reactive ketones (excluding diaryl/α,β-unsaturated/α-hetero) is 1. The number of aliphatic carboxylic acids is 1. The number of hydrogen-bond acceptors (Lipinski definition) is 5. The number of benzene rings is 1. The number of amides is 1. The summed E-state index contributed by atoms with van der Waals surface area (Å²) in [6.07, 6.45) is -0.652. The first-order valence-corrected chi connectivity index (χ1v) is 7.98. The Bertz CT molecular complexity index is 615. The van der Waals surface area contributed by atoms with Gasteiger partial charge in [-0.2, -0.15) is 0 Å². The minimum atomic E-state index is -1.08. The highest BCUT2D eigenvalue weighted by molar-refractivity contribution is 6.01. The second-order valence-electron chi connectivity index (χ2n) is 6.94. The summed E-state index contributed by atoms with van der Waals surface area (Å²) in [7, 11) is 0. The first-order chi connectivity index (χ1) is 11.5. The van der Waals surface area contributed by atoms with Crippen LogP contribution < -0.4 is 10.1 Å². The van der Waals surface area contributed by atoms with E-state index in [4.69, 9.17) is 14.6 Å². The van der Waals surface area contributed by atoms with Crippen molar-refractivity contribution in [1.82, 2.24) is 5.32 Å². The summed E-state index contributed by atoms with van der Waals surface area (Å²) >= 11 is 0. The van der Waals surface area contributed by atoms with Crippen LogP contribution in [-0.4, -0.2) is 41.2 Å². The zero-order valence-corrected chi connectivity index (χ0v) is 15.2. The number of alkyl carbamates (subject to hydrolysis) is 1. The van der Waals surface area contributed by atoms with Gasteiger partial charge >= 0.3 is 12.1 Å². The van der Waals surface area contributed by atoms with E-state index in [0.717, 1.165) is 0 Å². The lowest BCUT2D eigenvalue weighted by Gasteiger charge is -2.25. The molecule has 1 atom stereocenters. The molecule has 1 unspecified atom stereocenters. The van der Waals surface area contributed by atoms with Crippen molar-refractivity contribution in [1.29, 1.82) is 0 Å². The van der Waals surface area contributed by atoms with Crippen LogP contribution in [0, 0.1) is 5.92 Å². The molecule has 0 aliphatic heterocycles. The van der Waals surface area contributed by atoms with Gasteiger partial charge in [0.2, 0.25) is 0 Å². The van der Waals surface area contributed by atoms with Gasteiger partial charge in [0.25, 0.3) is 0 Å². The molecule has 25 heavy (non-hydrogen) atoms. The van der Waals surface area contributed by atoms with Crippen LogP contribution >= 0.6 is 0 Å². The average molecular weight is 351 g/mol. The molecule has 7 heteroatoms. The Morgan fingerprint density at radius 2 is 1.68 bits per heavy atom. The summed E-state index contributed by atoms with van der Waals surface area (Å²) in [6, 6.07) is 5.36. The largest absolute Gasteiger partial charge is 0.482 e. The van der Waals surface area contributed by atoms with Crippen molar-refractivity contribution in [2.45, 2.75) is 46.3 Å². The summed E-state index contributed by atoms with van der Waals surface area (Å²) in [5.41, 5.74) is -0.268. The summed E-state index contributed by atoms with van der Waals surface area (Å²) in [4.78, 5) is 35.1. The summed E-state index contributed by atoms with van der Waals surface area (Å²) in [6.45, 7) is 8.43. The van der Waals surface area contributed by atoms with E-state index in [2.05, 4.69) is 5.32 Å². The minimum absolute atomic E-state index is 0.136. The smallest absolute Gasteiger partial charge is 0.408 e. The van der Waals surface area contributed by atoms with Crippen LogP contribution in [0.3, 0.4) is 0 Å². The monoisotopic (exact) mass is 351 g/mol. The molecule has 7 nitrogen and oxygen atoms in total. The van der Waals surface area contributed by atoms with Gasteiger partial charge in [0.15, 0.2) is 12.4 Å². The highest BCUT2D eigenvalue weighted by atomic mass is 16.6. The lowest BCUT2D eigenvalue weighted by molar-refractivity contribution is -0.139. The quantitative estimate of drug-likeness (QED) is 0.732. The van der Waals surface area contributed by atoms with E-state index < -0.39 is 30.3 Å². The summed E-state index contributed by atoms with van der Waals surface area (Å²) in [5, 5.41) is 11.2. The number of rotatable bonds is 7. The van der Waals surface area contributed by atoms with Crippen LogP contribution in [0.25, 0.3) is 0 Å². The SMILES string of the molecule is CC(C)C(NC(=O)OC(C)(C)C)C(=O)c1ccc(OCC(=O)O)cc1. The van der Waals surface area contributed by atoms with Crippen molar-refractivity contribution < 1.29 is 29.0 Å². The van der Waals surface area contributed by atoms with E-state index in [9.17, 15) is 14.4 Å². The van der Waals surface area contributed by atoms with E-state index in [1.165, 1.54) is 24.3 Å². The molecular weight excluding hydrogens is 326 g/mol. The van der Waals surface area contributed by atoms with Gasteiger partial charge in [-0.1, -0.05) is 13.8 Å². The molecular formula is C18H25NO6. The van der Waals surface area contributed by atoms with Crippen LogP contribution in [-0.2, 0) is 9.53 Å². The van der Waals surface area contributed by atoms with E-state index >= 15 is 0 Å². The van der Waals surface area contributed by atoms with Crippen molar-refractivity contribution >= 4 is 17.8 Å². The topological polar surface area (TPSA) is 102 Å². The Balaban J connectivity index is 2.82. The third-order valence-electron chi connectivity index (χ3n) is 3.12. The molecule has 138 valence electrons. The number of ether oxygens (including phenoxy) is 2. The number of ketones is 1. The van der Waals surface area contributed by atoms with Gasteiger partial charge in [0.1, 0.15) is 11.4 Å². The fourth-order valence-corrected chi connectivity index (χ4v) is 2.01. The highest BCUT2D eigenvalue weighted by Gasteiger charge is 2.27. The lowest BCUT2D eigenvalue weighted by Crippen LogP contribution is -2.46. The molecule has 2 N–H and O–H groups in total. The number of carbonyl (C=O) groups is 3. The Labute approximate surface area is 147 Å². The average Bonchev–Trinajstić information content (AvgIpc) is 2.48. The fourth-order valence-electron chi connectivity index (χ4n) is 2.01. The second-order valence-corrected chi connectivity index (χ2v) is 6.94. The number of carboxylic acids is 1. The van der Waals surface area contributed by atoms with Crippen molar-refractivity contribution in [2.24, 2.45) is 5.92 Å². The van der Waals surface area contributed by atoms with Gasteiger partial charge in [-0.25, -0.2) is 9.59 Å². The van der Waals surface area contributed by atoms with Crippen molar-refractivity contribution in [3.63, 3.8) is 0 Å². The third kappa shape index (κ3) is 7.24. The van der Waals surface area contributed by atoms with Crippen LogP contribution in [0.15, 0.2) is 24.3 Å². The number of carbonyl (C=O) groups excluding carboxylic acids is 2. The molecule has 0 radical (unpaired) electrons. The van der Waals surface area contributed by atoms with Crippen LogP contribution in [0.4, 0.5) is 4.79 Å². The van der Waals surface area contributed by atoms with E-state index in [-0.39, 0.29) is 11.7 Å². The van der Waals surface area contributed by atoms with Gasteiger partial charge in [0.05, 0.1) is 6.04 Å². The maximum absolute atomic E-state index is 12.7. The molecule has 0 aromatic heterocycles. The minimum Gasteiger partial charge on any atom is -0.482 e. The van der Waals surface area contributed by atoms with Gasteiger partial charge in [0, 0.05) is 5.56 Å². The van der Waals surface area contributed by atoms with Gasteiger partial charge in [-0.15, -0.1) is 0 Å².